The zero-order valence-electron chi connectivity index (χ0n) is 10.9. The molecule has 5 nitrogen and oxygen atoms in total. The zero-order chi connectivity index (χ0) is 13.1. The molecule has 0 radical (unpaired) electrons. The van der Waals surface area contributed by atoms with Crippen LogP contribution < -0.4 is 14.2 Å². The van der Waals surface area contributed by atoms with Gasteiger partial charge in [-0.15, -0.1) is 0 Å². The van der Waals surface area contributed by atoms with Crippen LogP contribution in [0.2, 0.25) is 0 Å². The van der Waals surface area contributed by atoms with Crippen molar-refractivity contribution in [1.29, 1.82) is 0 Å². The van der Waals surface area contributed by atoms with E-state index in [-0.39, 0.29) is 0 Å². The smallest absolute Gasteiger partial charge is 0.294 e. The number of aromatic nitrogens is 2. The average molecular weight is 248 g/mol. The molecule has 5 heteroatoms. The van der Waals surface area contributed by atoms with Crippen LogP contribution in [0.1, 0.15) is 5.69 Å². The summed E-state index contributed by atoms with van der Waals surface area (Å²) in [4.78, 5) is 7.42. The van der Waals surface area contributed by atoms with E-state index in [2.05, 4.69) is 9.97 Å². The monoisotopic (exact) mass is 248 g/mol. The van der Waals surface area contributed by atoms with Crippen LogP contribution in [0.5, 0.6) is 17.5 Å². The molecule has 0 amide bonds. The molecule has 1 aromatic heterocycles. The predicted octanol–water partition coefficient (Wildman–Crippen LogP) is 2.41. The van der Waals surface area contributed by atoms with Gasteiger partial charge in [0.15, 0.2) is 0 Å². The Morgan fingerprint density at radius 3 is 2.39 bits per heavy atom. The predicted molar refractivity (Wildman–Crippen MR) is 68.4 cm³/mol. The third-order valence-corrected chi connectivity index (χ3v) is 2.72. The third-order valence-electron chi connectivity index (χ3n) is 2.72. The first-order chi connectivity index (χ1) is 8.69. The number of rotatable bonds is 4. The normalized spacial score (nSPS) is 10.2. The maximum Gasteiger partial charge on any atom is 0.294 e. The molecule has 0 saturated heterocycles. The summed E-state index contributed by atoms with van der Waals surface area (Å²) in [6, 6.07) is 6.11. The quantitative estimate of drug-likeness (QED) is 0.902. The minimum absolute atomic E-state index is 0.486. The number of imidazole rings is 1. The fourth-order valence-electron chi connectivity index (χ4n) is 1.79. The molecule has 0 saturated carbocycles. The highest BCUT2D eigenvalue weighted by Crippen LogP contribution is 2.34. The van der Waals surface area contributed by atoms with Crippen molar-refractivity contribution in [2.24, 2.45) is 0 Å². The molecule has 0 aliphatic carbocycles. The van der Waals surface area contributed by atoms with E-state index in [0.717, 1.165) is 22.7 Å². The van der Waals surface area contributed by atoms with E-state index in [4.69, 9.17) is 14.2 Å². The summed E-state index contributed by atoms with van der Waals surface area (Å²) in [6.45, 7) is 1.94. The SMILES string of the molecule is COc1ccc(-c2nc(OC)[nH]c2C)c(OC)c1. The van der Waals surface area contributed by atoms with Gasteiger partial charge in [-0.3, -0.25) is 0 Å². The number of aryl methyl sites for hydroxylation is 1. The summed E-state index contributed by atoms with van der Waals surface area (Å²) < 4.78 is 15.6. The molecule has 0 aliphatic rings. The molecule has 0 atom stereocenters. The number of ether oxygens (including phenoxy) is 3. The molecule has 0 unspecified atom stereocenters. The molecule has 0 bridgehead atoms. The van der Waals surface area contributed by atoms with Gasteiger partial charge in [0.05, 0.1) is 27.0 Å². The van der Waals surface area contributed by atoms with E-state index in [9.17, 15) is 0 Å². The highest BCUT2D eigenvalue weighted by Gasteiger charge is 2.14. The number of aromatic amines is 1. The van der Waals surface area contributed by atoms with E-state index in [1.165, 1.54) is 0 Å². The molecule has 18 heavy (non-hydrogen) atoms. The first kappa shape index (κ1) is 12.3. The Hall–Kier alpha value is -2.17. The van der Waals surface area contributed by atoms with Gasteiger partial charge in [-0.05, 0) is 19.1 Å². The molecular weight excluding hydrogens is 232 g/mol. The van der Waals surface area contributed by atoms with Crippen LogP contribution in [0.4, 0.5) is 0 Å². The summed E-state index contributed by atoms with van der Waals surface area (Å²) in [5.41, 5.74) is 2.64. The Balaban J connectivity index is 2.52. The number of methoxy groups -OCH3 is 3. The van der Waals surface area contributed by atoms with Gasteiger partial charge in [0.25, 0.3) is 6.01 Å². The highest BCUT2D eigenvalue weighted by atomic mass is 16.5. The summed E-state index contributed by atoms with van der Waals surface area (Å²) in [7, 11) is 4.82. The summed E-state index contributed by atoms with van der Waals surface area (Å²) in [5.74, 6) is 1.46. The third kappa shape index (κ3) is 2.11. The van der Waals surface area contributed by atoms with Crippen LogP contribution in [0.25, 0.3) is 11.3 Å². The van der Waals surface area contributed by atoms with Crippen LogP contribution in [-0.2, 0) is 0 Å². The van der Waals surface area contributed by atoms with Crippen LogP contribution in [0.15, 0.2) is 18.2 Å². The van der Waals surface area contributed by atoms with Crippen molar-refractivity contribution in [3.05, 3.63) is 23.9 Å². The number of nitrogens with one attached hydrogen (secondary N) is 1. The molecule has 0 fully saturated rings. The lowest BCUT2D eigenvalue weighted by Gasteiger charge is -2.09. The lowest BCUT2D eigenvalue weighted by Crippen LogP contribution is -1.91. The molecule has 1 N–H and O–H groups in total. The van der Waals surface area contributed by atoms with Gasteiger partial charge >= 0.3 is 0 Å². The van der Waals surface area contributed by atoms with Crippen molar-refractivity contribution < 1.29 is 14.2 Å². The fourth-order valence-corrected chi connectivity index (χ4v) is 1.79. The van der Waals surface area contributed by atoms with E-state index in [1.54, 1.807) is 21.3 Å². The molecule has 2 aromatic rings. The number of benzene rings is 1. The molecule has 0 aliphatic heterocycles. The largest absolute Gasteiger partial charge is 0.497 e. The zero-order valence-corrected chi connectivity index (χ0v) is 10.9. The maximum absolute atomic E-state index is 5.37. The van der Waals surface area contributed by atoms with Crippen LogP contribution in [-0.4, -0.2) is 31.3 Å². The van der Waals surface area contributed by atoms with Gasteiger partial charge < -0.3 is 19.2 Å². The van der Waals surface area contributed by atoms with Gasteiger partial charge in [0.2, 0.25) is 0 Å². The fraction of sp³-hybridized carbons (Fsp3) is 0.308. The number of hydrogen-bond donors (Lipinski definition) is 1. The summed E-state index contributed by atoms with van der Waals surface area (Å²) in [6.07, 6.45) is 0. The molecule has 96 valence electrons. The second-order valence-corrected chi connectivity index (χ2v) is 3.79. The van der Waals surface area contributed by atoms with E-state index in [0.29, 0.717) is 11.8 Å². The number of hydrogen-bond acceptors (Lipinski definition) is 4. The minimum Gasteiger partial charge on any atom is -0.497 e. The van der Waals surface area contributed by atoms with Crippen molar-refractivity contribution in [2.75, 3.05) is 21.3 Å². The van der Waals surface area contributed by atoms with Crippen molar-refractivity contribution in [2.45, 2.75) is 6.92 Å². The first-order valence-electron chi connectivity index (χ1n) is 5.52. The van der Waals surface area contributed by atoms with Crippen molar-refractivity contribution in [3.63, 3.8) is 0 Å². The van der Waals surface area contributed by atoms with Gasteiger partial charge in [0, 0.05) is 17.3 Å². The molecule has 2 rings (SSSR count). The van der Waals surface area contributed by atoms with Gasteiger partial charge in [-0.1, -0.05) is 0 Å². The van der Waals surface area contributed by atoms with Crippen LogP contribution in [0.3, 0.4) is 0 Å². The highest BCUT2D eigenvalue weighted by molar-refractivity contribution is 5.70. The number of H-pyrrole nitrogens is 1. The van der Waals surface area contributed by atoms with Crippen molar-refractivity contribution >= 4 is 0 Å². The van der Waals surface area contributed by atoms with E-state index >= 15 is 0 Å². The van der Waals surface area contributed by atoms with Crippen molar-refractivity contribution in [3.8, 4) is 28.8 Å². The Labute approximate surface area is 106 Å². The molecular formula is C13H16N2O3. The van der Waals surface area contributed by atoms with Gasteiger partial charge in [-0.2, -0.15) is 4.98 Å². The van der Waals surface area contributed by atoms with E-state index < -0.39 is 0 Å². The Kier molecular flexibility index (Phi) is 3.41. The maximum atomic E-state index is 5.37. The lowest BCUT2D eigenvalue weighted by atomic mass is 10.1. The summed E-state index contributed by atoms with van der Waals surface area (Å²) >= 11 is 0. The van der Waals surface area contributed by atoms with Crippen LogP contribution in [0, 0.1) is 6.92 Å². The Bertz CT molecular complexity index is 549. The molecule has 0 spiro atoms. The average Bonchev–Trinajstić information content (AvgIpc) is 2.79. The standard InChI is InChI=1S/C13H16N2O3/c1-8-12(15-13(14-8)18-4)10-6-5-9(16-2)7-11(10)17-3/h5-7H,1-4H3,(H,14,15). The number of nitrogens with zero attached hydrogens (tertiary/aromatic N) is 1. The van der Waals surface area contributed by atoms with Crippen LogP contribution >= 0.6 is 0 Å². The Morgan fingerprint density at radius 2 is 1.83 bits per heavy atom. The summed E-state index contributed by atoms with van der Waals surface area (Å²) in [5, 5.41) is 0. The first-order valence-corrected chi connectivity index (χ1v) is 5.52. The Morgan fingerprint density at radius 1 is 1.06 bits per heavy atom. The molecule has 1 heterocycles. The lowest BCUT2D eigenvalue weighted by molar-refractivity contribution is 0.384. The topological polar surface area (TPSA) is 56.4 Å². The van der Waals surface area contributed by atoms with E-state index in [1.807, 2.05) is 25.1 Å². The minimum atomic E-state index is 0.486. The van der Waals surface area contributed by atoms with Gasteiger partial charge in [-0.25, -0.2) is 0 Å². The molecule has 1 aromatic carbocycles. The van der Waals surface area contributed by atoms with Gasteiger partial charge in [0.1, 0.15) is 11.5 Å². The second-order valence-electron chi connectivity index (χ2n) is 3.79. The van der Waals surface area contributed by atoms with Crippen molar-refractivity contribution in [1.82, 2.24) is 9.97 Å². The second kappa shape index (κ2) is 5.00.